The lowest BCUT2D eigenvalue weighted by molar-refractivity contribution is -0.121. The highest BCUT2D eigenvalue weighted by atomic mass is 16.5. The van der Waals surface area contributed by atoms with Crippen LogP contribution in [0.2, 0.25) is 0 Å². The third kappa shape index (κ3) is 4.23. The Kier molecular flexibility index (Phi) is 6.71. The molecule has 36 heavy (non-hydrogen) atoms. The Hall–Kier alpha value is -3.39. The zero-order valence-electron chi connectivity index (χ0n) is 21.0. The van der Waals surface area contributed by atoms with Gasteiger partial charge in [0.2, 0.25) is 11.8 Å². The summed E-state index contributed by atoms with van der Waals surface area (Å²) in [5.41, 5.74) is 1.49. The van der Waals surface area contributed by atoms with Gasteiger partial charge in [-0.15, -0.1) is 0 Å². The number of benzene rings is 2. The van der Waals surface area contributed by atoms with E-state index in [1.807, 2.05) is 37.3 Å². The third-order valence-corrected chi connectivity index (χ3v) is 7.88. The molecule has 2 atom stereocenters. The van der Waals surface area contributed by atoms with Crippen LogP contribution < -0.4 is 15.0 Å². The van der Waals surface area contributed by atoms with Gasteiger partial charge >= 0.3 is 0 Å². The van der Waals surface area contributed by atoms with Crippen molar-refractivity contribution in [3.05, 3.63) is 59.7 Å². The summed E-state index contributed by atoms with van der Waals surface area (Å²) in [5.74, 6) is 0.591. The number of carbonyl (C=O) groups is 3. The van der Waals surface area contributed by atoms with Crippen LogP contribution in [0.1, 0.15) is 61.0 Å². The lowest BCUT2D eigenvalue weighted by Crippen LogP contribution is -2.62. The first-order valence-corrected chi connectivity index (χ1v) is 12.8. The monoisotopic (exact) mass is 490 g/mol. The molecule has 0 spiro atoms. The normalized spacial score (nSPS) is 22.4. The minimum atomic E-state index is -0.752. The summed E-state index contributed by atoms with van der Waals surface area (Å²) in [6, 6.07) is 15.2. The van der Waals surface area contributed by atoms with Gasteiger partial charge in [0.15, 0.2) is 0 Å². The van der Waals surface area contributed by atoms with Gasteiger partial charge < -0.3 is 15.0 Å². The Balaban J connectivity index is 1.28. The van der Waals surface area contributed by atoms with Crippen LogP contribution >= 0.6 is 0 Å². The molecule has 3 amide bonds. The van der Waals surface area contributed by atoms with Gasteiger partial charge in [-0.05, 0) is 57.5 Å². The van der Waals surface area contributed by atoms with E-state index in [0.717, 1.165) is 37.2 Å². The summed E-state index contributed by atoms with van der Waals surface area (Å²) >= 11 is 0. The van der Waals surface area contributed by atoms with Crippen LogP contribution in [0, 0.1) is 0 Å². The number of hydrogen-bond donors (Lipinski definition) is 1. The molecule has 5 rings (SSSR count). The van der Waals surface area contributed by atoms with Crippen molar-refractivity contribution < 1.29 is 19.1 Å². The number of fused-ring (bicyclic) bond motifs is 3. The first-order valence-electron chi connectivity index (χ1n) is 12.8. The van der Waals surface area contributed by atoms with Gasteiger partial charge in [-0.2, -0.15) is 0 Å². The van der Waals surface area contributed by atoms with E-state index in [4.69, 9.17) is 4.74 Å². The fourth-order valence-corrected chi connectivity index (χ4v) is 5.98. The van der Waals surface area contributed by atoms with Gasteiger partial charge in [-0.1, -0.05) is 30.3 Å². The van der Waals surface area contributed by atoms with Crippen molar-refractivity contribution in [2.75, 3.05) is 38.2 Å². The van der Waals surface area contributed by atoms with Gasteiger partial charge in [0, 0.05) is 31.5 Å². The van der Waals surface area contributed by atoms with Crippen molar-refractivity contribution in [2.45, 2.75) is 50.7 Å². The molecule has 190 valence electrons. The van der Waals surface area contributed by atoms with E-state index >= 15 is 0 Å². The van der Waals surface area contributed by atoms with Crippen LogP contribution in [-0.4, -0.2) is 66.5 Å². The molecule has 2 aromatic carbocycles. The average Bonchev–Trinajstić information content (AvgIpc) is 3.53. The highest BCUT2D eigenvalue weighted by molar-refractivity contribution is 6.10. The number of amides is 3. The van der Waals surface area contributed by atoms with Crippen LogP contribution in [0.3, 0.4) is 0 Å². The van der Waals surface area contributed by atoms with Crippen LogP contribution in [0.4, 0.5) is 5.69 Å². The molecule has 2 saturated heterocycles. The van der Waals surface area contributed by atoms with Crippen molar-refractivity contribution >= 4 is 23.4 Å². The number of nitrogens with one attached hydrogen (secondary N) is 1. The van der Waals surface area contributed by atoms with E-state index in [0.29, 0.717) is 30.6 Å². The number of likely N-dealkylation sites (tertiary alicyclic amines) is 1. The summed E-state index contributed by atoms with van der Waals surface area (Å²) in [4.78, 5) is 45.0. The predicted molar refractivity (Wildman–Crippen MR) is 137 cm³/mol. The molecule has 2 unspecified atom stereocenters. The molecule has 0 aliphatic carbocycles. The maximum Gasteiger partial charge on any atom is 0.257 e. The predicted octanol–water partition coefficient (Wildman–Crippen LogP) is 3.34. The van der Waals surface area contributed by atoms with Crippen molar-refractivity contribution in [2.24, 2.45) is 0 Å². The fraction of sp³-hybridized carbons (Fsp3) is 0.464. The van der Waals surface area contributed by atoms with Crippen LogP contribution in [-0.2, 0) is 9.59 Å². The first kappa shape index (κ1) is 24.3. The van der Waals surface area contributed by atoms with Gasteiger partial charge in [0.05, 0.1) is 24.4 Å². The molecule has 0 aromatic heterocycles. The number of para-hydroxylation sites is 2. The van der Waals surface area contributed by atoms with Gasteiger partial charge in [0.25, 0.3) is 5.91 Å². The molecular weight excluding hydrogens is 456 g/mol. The summed E-state index contributed by atoms with van der Waals surface area (Å²) in [7, 11) is 1.67. The molecule has 8 heteroatoms. The minimum Gasteiger partial charge on any atom is -0.496 e. The maximum atomic E-state index is 13.4. The topological polar surface area (TPSA) is 82.2 Å². The Morgan fingerprint density at radius 1 is 1.08 bits per heavy atom. The second kappa shape index (κ2) is 9.93. The van der Waals surface area contributed by atoms with Gasteiger partial charge in [-0.3, -0.25) is 24.2 Å². The molecular formula is C28H34N4O4. The van der Waals surface area contributed by atoms with E-state index in [1.165, 1.54) is 0 Å². The molecule has 3 aliphatic heterocycles. The highest BCUT2D eigenvalue weighted by Crippen LogP contribution is 2.44. The molecule has 2 aromatic rings. The Morgan fingerprint density at radius 2 is 1.81 bits per heavy atom. The molecule has 2 fully saturated rings. The van der Waals surface area contributed by atoms with Crippen LogP contribution in [0.15, 0.2) is 48.5 Å². The SMILES string of the molecule is COc1ccccc1C(CNC(=O)CCN1C(=O)c2ccccc2N2C(=O)CCC12C)N1CCCC1. The lowest BCUT2D eigenvalue weighted by Gasteiger charge is -2.48. The van der Waals surface area contributed by atoms with Crippen molar-refractivity contribution in [1.82, 2.24) is 15.1 Å². The smallest absolute Gasteiger partial charge is 0.257 e. The maximum absolute atomic E-state index is 13.4. The summed E-state index contributed by atoms with van der Waals surface area (Å²) in [5, 5.41) is 3.11. The number of hydrogen-bond acceptors (Lipinski definition) is 5. The number of anilines is 1. The molecule has 8 nitrogen and oxygen atoms in total. The molecule has 3 heterocycles. The zero-order chi connectivity index (χ0) is 25.3. The summed E-state index contributed by atoms with van der Waals surface area (Å²) in [6.45, 7) is 4.62. The highest BCUT2D eigenvalue weighted by Gasteiger charge is 2.52. The molecule has 3 aliphatic rings. The second-order valence-electron chi connectivity index (χ2n) is 9.97. The number of ether oxygens (including phenoxy) is 1. The quantitative estimate of drug-likeness (QED) is 0.614. The van der Waals surface area contributed by atoms with Crippen molar-refractivity contribution in [1.29, 1.82) is 0 Å². The van der Waals surface area contributed by atoms with E-state index in [1.54, 1.807) is 29.0 Å². The molecule has 0 bridgehead atoms. The Morgan fingerprint density at radius 3 is 2.58 bits per heavy atom. The molecule has 1 N–H and O–H groups in total. The molecule has 0 radical (unpaired) electrons. The van der Waals surface area contributed by atoms with E-state index < -0.39 is 5.66 Å². The minimum absolute atomic E-state index is 0.0113. The van der Waals surface area contributed by atoms with E-state index in [-0.39, 0.29) is 36.7 Å². The zero-order valence-corrected chi connectivity index (χ0v) is 21.0. The van der Waals surface area contributed by atoms with Crippen molar-refractivity contribution in [3.8, 4) is 5.75 Å². The second-order valence-corrected chi connectivity index (χ2v) is 9.97. The van der Waals surface area contributed by atoms with Crippen LogP contribution in [0.25, 0.3) is 0 Å². The van der Waals surface area contributed by atoms with Gasteiger partial charge in [-0.25, -0.2) is 0 Å². The first-order chi connectivity index (χ1) is 17.4. The van der Waals surface area contributed by atoms with Gasteiger partial charge in [0.1, 0.15) is 11.4 Å². The van der Waals surface area contributed by atoms with E-state index in [9.17, 15) is 14.4 Å². The number of rotatable bonds is 8. The number of nitrogens with zero attached hydrogens (tertiary/aromatic N) is 3. The lowest BCUT2D eigenvalue weighted by atomic mass is 9.98. The molecule has 0 saturated carbocycles. The standard InChI is InChI=1S/C28H34N4O4/c1-28-15-13-26(34)32(28)22-11-5-3-10-21(22)27(35)31(28)18-14-25(33)29-19-23(30-16-7-8-17-30)20-9-4-6-12-24(20)36-2/h3-6,9-12,23H,7-8,13-19H2,1-2H3,(H,29,33). The van der Waals surface area contributed by atoms with Crippen molar-refractivity contribution in [3.63, 3.8) is 0 Å². The van der Waals surface area contributed by atoms with Crippen LogP contribution in [0.5, 0.6) is 5.75 Å². The third-order valence-electron chi connectivity index (χ3n) is 7.88. The van der Waals surface area contributed by atoms with E-state index in [2.05, 4.69) is 16.3 Å². The Labute approximate surface area is 212 Å². The summed E-state index contributed by atoms with van der Waals surface area (Å²) in [6.07, 6.45) is 3.40. The number of carbonyl (C=O) groups excluding carboxylic acids is 3. The fourth-order valence-electron chi connectivity index (χ4n) is 5.98. The Bertz CT molecular complexity index is 1160. The average molecular weight is 491 g/mol. The summed E-state index contributed by atoms with van der Waals surface area (Å²) < 4.78 is 5.60. The largest absolute Gasteiger partial charge is 0.496 e. The number of methoxy groups -OCH3 is 1.